The average molecular weight is 386 g/mol. The van der Waals surface area contributed by atoms with Crippen LogP contribution in [-0.4, -0.2) is 15.7 Å². The zero-order valence-corrected chi connectivity index (χ0v) is 14.4. The maximum atomic E-state index is 12.1. The summed E-state index contributed by atoms with van der Waals surface area (Å²) in [6.45, 7) is 0. The Morgan fingerprint density at radius 3 is 2.52 bits per heavy atom. The van der Waals surface area contributed by atoms with Crippen molar-refractivity contribution in [3.8, 4) is 0 Å². The lowest BCUT2D eigenvalue weighted by molar-refractivity contribution is 0.0982. The molecule has 0 bridgehead atoms. The van der Waals surface area contributed by atoms with Crippen LogP contribution in [0.25, 0.3) is 0 Å². The van der Waals surface area contributed by atoms with Crippen molar-refractivity contribution in [1.29, 1.82) is 0 Å². The highest BCUT2D eigenvalue weighted by atomic mass is 79.9. The highest BCUT2D eigenvalue weighted by Crippen LogP contribution is 2.16. The summed E-state index contributed by atoms with van der Waals surface area (Å²) in [4.78, 5) is 12.7. The van der Waals surface area contributed by atoms with E-state index in [0.29, 0.717) is 34.1 Å². The molecule has 0 radical (unpaired) electrons. The van der Waals surface area contributed by atoms with Gasteiger partial charge in [0, 0.05) is 32.1 Å². The molecule has 0 fully saturated rings. The molecule has 0 aromatic heterocycles. The van der Waals surface area contributed by atoms with Crippen LogP contribution in [-0.2, 0) is 10.8 Å². The number of hydrogen-bond acceptors (Lipinski definition) is 2. The molecule has 0 spiro atoms. The van der Waals surface area contributed by atoms with Gasteiger partial charge in [0.25, 0.3) is 0 Å². The van der Waals surface area contributed by atoms with Crippen LogP contribution >= 0.6 is 27.5 Å². The predicted molar refractivity (Wildman–Crippen MR) is 90.4 cm³/mol. The number of carbonyl (C=O) groups excluding carboxylic acids is 1. The Balaban J connectivity index is 1.85. The molecule has 0 aliphatic rings. The molecule has 1 unspecified atom stereocenters. The zero-order valence-electron chi connectivity index (χ0n) is 11.2. The van der Waals surface area contributed by atoms with Crippen LogP contribution in [0.2, 0.25) is 5.02 Å². The van der Waals surface area contributed by atoms with Gasteiger partial charge in [0.1, 0.15) is 0 Å². The Morgan fingerprint density at radius 2 is 1.86 bits per heavy atom. The minimum atomic E-state index is -1.11. The Kier molecular flexibility index (Phi) is 6.15. The van der Waals surface area contributed by atoms with Crippen LogP contribution in [0.4, 0.5) is 0 Å². The van der Waals surface area contributed by atoms with Gasteiger partial charge in [0.2, 0.25) is 0 Å². The second-order valence-electron chi connectivity index (χ2n) is 4.54. The van der Waals surface area contributed by atoms with E-state index in [-0.39, 0.29) is 5.78 Å². The minimum Gasteiger partial charge on any atom is -0.294 e. The number of rotatable bonds is 6. The topological polar surface area (TPSA) is 34.1 Å². The summed E-state index contributed by atoms with van der Waals surface area (Å²) in [5.74, 6) is 0.536. The maximum Gasteiger partial charge on any atom is 0.162 e. The summed E-state index contributed by atoms with van der Waals surface area (Å²) in [5.41, 5.74) is 0.687. The normalized spacial score (nSPS) is 12.1. The Labute approximate surface area is 140 Å². The van der Waals surface area contributed by atoms with E-state index in [1.807, 2.05) is 12.1 Å². The van der Waals surface area contributed by atoms with Crippen LogP contribution in [0.3, 0.4) is 0 Å². The first kappa shape index (κ1) is 16.4. The van der Waals surface area contributed by atoms with Crippen LogP contribution in [0.5, 0.6) is 0 Å². The molecule has 2 nitrogen and oxygen atoms in total. The molecule has 110 valence electrons. The number of Topliss-reactive ketones (excluding diaryl/α,β-unsaturated/α-hetero) is 1. The molecule has 2 aromatic carbocycles. The van der Waals surface area contributed by atoms with E-state index in [1.54, 1.807) is 36.4 Å². The first-order valence-corrected chi connectivity index (χ1v) is 8.98. The second-order valence-corrected chi connectivity index (χ2v) is 7.46. The number of ketones is 1. The quantitative estimate of drug-likeness (QED) is 0.665. The van der Waals surface area contributed by atoms with Gasteiger partial charge in [-0.3, -0.25) is 9.00 Å². The standard InChI is InChI=1S/C16H14BrClO2S/c17-13-8-6-12(7-9-13)16(19)5-2-10-21(20)15-4-1-3-14(18)11-15/h1,3-4,6-9,11H,2,5,10H2. The first-order chi connectivity index (χ1) is 10.1. The molecule has 0 saturated carbocycles. The van der Waals surface area contributed by atoms with Gasteiger partial charge < -0.3 is 0 Å². The number of halogens is 2. The van der Waals surface area contributed by atoms with Gasteiger partial charge in [-0.15, -0.1) is 0 Å². The largest absolute Gasteiger partial charge is 0.294 e. The molecular weight excluding hydrogens is 372 g/mol. The summed E-state index contributed by atoms with van der Waals surface area (Å²) in [6.07, 6.45) is 0.988. The smallest absolute Gasteiger partial charge is 0.162 e. The first-order valence-electron chi connectivity index (χ1n) is 6.49. The SMILES string of the molecule is O=C(CCCS(=O)c1cccc(Cl)c1)c1ccc(Br)cc1. The van der Waals surface area contributed by atoms with Crippen molar-refractivity contribution in [3.63, 3.8) is 0 Å². The lowest BCUT2D eigenvalue weighted by Gasteiger charge is -2.03. The lowest BCUT2D eigenvalue weighted by Crippen LogP contribution is -2.04. The average Bonchev–Trinajstić information content (AvgIpc) is 2.47. The molecule has 0 heterocycles. The molecule has 0 aliphatic carbocycles. The third-order valence-corrected chi connectivity index (χ3v) is 5.16. The highest BCUT2D eigenvalue weighted by Gasteiger charge is 2.08. The van der Waals surface area contributed by atoms with Crippen LogP contribution in [0, 0.1) is 0 Å². The molecule has 21 heavy (non-hydrogen) atoms. The van der Waals surface area contributed by atoms with Gasteiger partial charge in [0.05, 0.1) is 10.8 Å². The van der Waals surface area contributed by atoms with Gasteiger partial charge in [-0.05, 0) is 36.8 Å². The van der Waals surface area contributed by atoms with Crippen molar-refractivity contribution in [3.05, 3.63) is 63.6 Å². The molecule has 0 amide bonds. The summed E-state index contributed by atoms with van der Waals surface area (Å²) < 4.78 is 13.0. The van der Waals surface area contributed by atoms with Crippen LogP contribution in [0.1, 0.15) is 23.2 Å². The van der Waals surface area contributed by atoms with Crippen molar-refractivity contribution in [1.82, 2.24) is 0 Å². The summed E-state index contributed by atoms with van der Waals surface area (Å²) in [7, 11) is -1.11. The van der Waals surface area contributed by atoms with E-state index >= 15 is 0 Å². The summed E-state index contributed by atoms with van der Waals surface area (Å²) in [6, 6.07) is 14.3. The predicted octanol–water partition coefficient (Wildman–Crippen LogP) is 4.87. The Bertz CT molecular complexity index is 656. The van der Waals surface area contributed by atoms with E-state index in [2.05, 4.69) is 15.9 Å². The molecular formula is C16H14BrClO2S. The third kappa shape index (κ3) is 5.06. The molecule has 1 atom stereocenters. The fraction of sp³-hybridized carbons (Fsp3) is 0.188. The molecule has 0 N–H and O–H groups in total. The fourth-order valence-electron chi connectivity index (χ4n) is 1.87. The van der Waals surface area contributed by atoms with Crippen molar-refractivity contribution in [2.45, 2.75) is 17.7 Å². The van der Waals surface area contributed by atoms with Crippen LogP contribution in [0.15, 0.2) is 57.9 Å². The molecule has 5 heteroatoms. The van der Waals surface area contributed by atoms with Gasteiger partial charge in [-0.1, -0.05) is 45.7 Å². The summed E-state index contributed by atoms with van der Waals surface area (Å²) in [5, 5.41) is 0.576. The monoisotopic (exact) mass is 384 g/mol. The van der Waals surface area contributed by atoms with Gasteiger partial charge in [0.15, 0.2) is 5.78 Å². The minimum absolute atomic E-state index is 0.0746. The van der Waals surface area contributed by atoms with Gasteiger partial charge >= 0.3 is 0 Å². The van der Waals surface area contributed by atoms with E-state index in [4.69, 9.17) is 11.6 Å². The number of carbonyl (C=O) groups is 1. The van der Waals surface area contributed by atoms with E-state index in [9.17, 15) is 9.00 Å². The molecule has 0 saturated heterocycles. The summed E-state index contributed by atoms with van der Waals surface area (Å²) >= 11 is 9.21. The Morgan fingerprint density at radius 1 is 1.14 bits per heavy atom. The van der Waals surface area contributed by atoms with Crippen molar-refractivity contribution < 1.29 is 9.00 Å². The van der Waals surface area contributed by atoms with E-state index in [1.165, 1.54) is 0 Å². The maximum absolute atomic E-state index is 12.1. The van der Waals surface area contributed by atoms with Crippen LogP contribution < -0.4 is 0 Å². The number of benzene rings is 2. The second kappa shape index (κ2) is 7.87. The molecule has 0 aliphatic heterocycles. The van der Waals surface area contributed by atoms with Gasteiger partial charge in [-0.25, -0.2) is 0 Å². The number of hydrogen-bond donors (Lipinski definition) is 0. The van der Waals surface area contributed by atoms with Crippen molar-refractivity contribution >= 4 is 44.1 Å². The van der Waals surface area contributed by atoms with Crippen molar-refractivity contribution in [2.75, 3.05) is 5.75 Å². The fourth-order valence-corrected chi connectivity index (χ4v) is 3.52. The molecule has 2 aromatic rings. The molecule has 2 rings (SSSR count). The zero-order chi connectivity index (χ0) is 15.2. The van der Waals surface area contributed by atoms with Crippen molar-refractivity contribution in [2.24, 2.45) is 0 Å². The Hall–Kier alpha value is -0.970. The third-order valence-electron chi connectivity index (χ3n) is 2.96. The lowest BCUT2D eigenvalue weighted by atomic mass is 10.1. The van der Waals surface area contributed by atoms with E-state index in [0.717, 1.165) is 4.47 Å². The highest BCUT2D eigenvalue weighted by molar-refractivity contribution is 9.10. The van der Waals surface area contributed by atoms with E-state index < -0.39 is 10.8 Å². The van der Waals surface area contributed by atoms with Gasteiger partial charge in [-0.2, -0.15) is 0 Å².